The van der Waals surface area contributed by atoms with E-state index in [1.54, 1.807) is 6.07 Å². The van der Waals surface area contributed by atoms with Crippen molar-refractivity contribution in [2.75, 3.05) is 0 Å². The van der Waals surface area contributed by atoms with Crippen molar-refractivity contribution < 1.29 is 14.7 Å². The quantitative estimate of drug-likeness (QED) is 0.635. The first-order valence-electron chi connectivity index (χ1n) is 8.59. The zero-order valence-corrected chi connectivity index (χ0v) is 14.9. The van der Waals surface area contributed by atoms with Crippen LogP contribution in [0.3, 0.4) is 0 Å². The van der Waals surface area contributed by atoms with Gasteiger partial charge in [0.25, 0.3) is 5.91 Å². The summed E-state index contributed by atoms with van der Waals surface area (Å²) < 4.78 is 0. The van der Waals surface area contributed by atoms with Crippen LogP contribution >= 0.6 is 0 Å². The maximum atomic E-state index is 12.6. The topological polar surface area (TPSA) is 82.2 Å². The Hall–Kier alpha value is -3.08. The molecular weight excluding hydrogens is 328 g/mol. The third-order valence-electron chi connectivity index (χ3n) is 4.50. The molecule has 0 aliphatic carbocycles. The Morgan fingerprint density at radius 3 is 2.58 bits per heavy atom. The Labute approximate surface area is 152 Å². The molecule has 5 nitrogen and oxygen atoms in total. The predicted molar refractivity (Wildman–Crippen MR) is 101 cm³/mol. The highest BCUT2D eigenvalue weighted by Crippen LogP contribution is 2.17. The number of benzene rings is 2. The Morgan fingerprint density at radius 2 is 1.88 bits per heavy atom. The van der Waals surface area contributed by atoms with E-state index in [-0.39, 0.29) is 12.3 Å². The molecule has 1 unspecified atom stereocenters. The zero-order valence-electron chi connectivity index (χ0n) is 14.9. The molecule has 0 saturated carbocycles. The number of carboxylic acid groups (broad SMARTS) is 1. The smallest absolute Gasteiger partial charge is 0.305 e. The summed E-state index contributed by atoms with van der Waals surface area (Å²) in [6.45, 7) is 4.02. The molecule has 1 aromatic heterocycles. The Kier molecular flexibility index (Phi) is 5.07. The van der Waals surface area contributed by atoms with E-state index >= 15 is 0 Å². The molecule has 1 heterocycles. The number of rotatable bonds is 6. The fraction of sp³-hybridized carbons (Fsp3) is 0.238. The van der Waals surface area contributed by atoms with Gasteiger partial charge in [-0.2, -0.15) is 0 Å². The van der Waals surface area contributed by atoms with Gasteiger partial charge in [-0.15, -0.1) is 0 Å². The summed E-state index contributed by atoms with van der Waals surface area (Å²) in [5.41, 5.74) is 4.60. The second-order valence-corrected chi connectivity index (χ2v) is 6.67. The van der Waals surface area contributed by atoms with E-state index < -0.39 is 12.0 Å². The van der Waals surface area contributed by atoms with Crippen LogP contribution in [0.1, 0.15) is 33.6 Å². The average molecular weight is 350 g/mol. The number of para-hydroxylation sites is 1. The van der Waals surface area contributed by atoms with Gasteiger partial charge in [-0.3, -0.25) is 9.59 Å². The van der Waals surface area contributed by atoms with Crippen LogP contribution in [0.2, 0.25) is 0 Å². The molecule has 0 spiro atoms. The van der Waals surface area contributed by atoms with Crippen molar-refractivity contribution in [3.8, 4) is 0 Å². The van der Waals surface area contributed by atoms with Crippen LogP contribution in [-0.4, -0.2) is 28.0 Å². The maximum absolute atomic E-state index is 12.6. The second-order valence-electron chi connectivity index (χ2n) is 6.67. The van der Waals surface area contributed by atoms with Crippen molar-refractivity contribution in [3.63, 3.8) is 0 Å². The number of aromatic nitrogens is 1. The minimum absolute atomic E-state index is 0.126. The van der Waals surface area contributed by atoms with E-state index in [0.717, 1.165) is 27.6 Å². The number of H-pyrrole nitrogens is 1. The van der Waals surface area contributed by atoms with Crippen molar-refractivity contribution in [2.45, 2.75) is 32.7 Å². The van der Waals surface area contributed by atoms with Crippen molar-refractivity contribution in [2.24, 2.45) is 0 Å². The second kappa shape index (κ2) is 7.44. The number of carboxylic acids is 1. The van der Waals surface area contributed by atoms with Gasteiger partial charge in [-0.25, -0.2) is 0 Å². The highest BCUT2D eigenvalue weighted by molar-refractivity contribution is 5.98. The van der Waals surface area contributed by atoms with Gasteiger partial charge < -0.3 is 15.4 Å². The zero-order chi connectivity index (χ0) is 18.7. The first-order valence-corrected chi connectivity index (χ1v) is 8.59. The molecule has 26 heavy (non-hydrogen) atoms. The normalized spacial score (nSPS) is 12.1. The van der Waals surface area contributed by atoms with E-state index in [1.807, 2.05) is 50.2 Å². The molecule has 0 bridgehead atoms. The first kappa shape index (κ1) is 17.7. The number of fused-ring (bicyclic) bond motifs is 1. The number of aromatic amines is 1. The summed E-state index contributed by atoms with van der Waals surface area (Å²) in [6.07, 6.45) is 0.351. The lowest BCUT2D eigenvalue weighted by molar-refractivity contribution is -0.137. The number of aliphatic carboxylic acids is 1. The van der Waals surface area contributed by atoms with Crippen LogP contribution in [-0.2, 0) is 11.2 Å². The molecule has 0 fully saturated rings. The van der Waals surface area contributed by atoms with Crippen molar-refractivity contribution in [1.82, 2.24) is 10.3 Å². The Bertz CT molecular complexity index is 926. The predicted octanol–water partition coefficient (Wildman–Crippen LogP) is 3.60. The molecule has 134 valence electrons. The number of carbonyl (C=O) groups is 2. The van der Waals surface area contributed by atoms with Gasteiger partial charge in [0.2, 0.25) is 0 Å². The lowest BCUT2D eigenvalue weighted by Gasteiger charge is -2.18. The molecule has 3 rings (SSSR count). The molecule has 0 saturated heterocycles. The van der Waals surface area contributed by atoms with Crippen LogP contribution in [0.15, 0.2) is 48.5 Å². The van der Waals surface area contributed by atoms with Gasteiger partial charge in [0.05, 0.1) is 6.42 Å². The number of nitrogens with one attached hydrogen (secondary N) is 2. The van der Waals surface area contributed by atoms with E-state index in [1.165, 1.54) is 0 Å². The average Bonchev–Trinajstić information content (AvgIpc) is 3.01. The minimum atomic E-state index is -0.934. The van der Waals surface area contributed by atoms with Crippen molar-refractivity contribution >= 4 is 22.8 Å². The van der Waals surface area contributed by atoms with Gasteiger partial charge in [-0.1, -0.05) is 42.0 Å². The highest BCUT2D eigenvalue weighted by Gasteiger charge is 2.19. The lowest BCUT2D eigenvalue weighted by atomic mass is 9.97. The van der Waals surface area contributed by atoms with Crippen LogP contribution in [0.5, 0.6) is 0 Å². The summed E-state index contributed by atoms with van der Waals surface area (Å²) in [4.78, 5) is 26.9. The van der Waals surface area contributed by atoms with Gasteiger partial charge >= 0.3 is 5.97 Å². The fourth-order valence-electron chi connectivity index (χ4n) is 3.18. The van der Waals surface area contributed by atoms with E-state index in [0.29, 0.717) is 12.1 Å². The summed E-state index contributed by atoms with van der Waals surface area (Å²) in [5, 5.41) is 13.0. The Balaban J connectivity index is 1.78. The van der Waals surface area contributed by atoms with Gasteiger partial charge in [0.15, 0.2) is 0 Å². The molecule has 0 radical (unpaired) electrons. The molecule has 2 aromatic carbocycles. The van der Waals surface area contributed by atoms with E-state index in [9.17, 15) is 14.7 Å². The third-order valence-corrected chi connectivity index (χ3v) is 4.50. The molecule has 3 N–H and O–H groups in total. The largest absolute Gasteiger partial charge is 0.481 e. The SMILES string of the molecule is Cc1ccc(CC(CC(=O)O)NC(=O)c2cc3ccccc3[nH]2)c(C)c1. The van der Waals surface area contributed by atoms with Crippen LogP contribution in [0.25, 0.3) is 10.9 Å². The van der Waals surface area contributed by atoms with Gasteiger partial charge in [0.1, 0.15) is 5.69 Å². The Morgan fingerprint density at radius 1 is 1.12 bits per heavy atom. The number of aryl methyl sites for hydroxylation is 2. The van der Waals surface area contributed by atoms with E-state index in [4.69, 9.17) is 0 Å². The van der Waals surface area contributed by atoms with Gasteiger partial charge in [-0.05, 0) is 43.5 Å². The standard InChI is InChI=1S/C21H22N2O3/c1-13-7-8-15(14(2)9-13)10-17(12-20(24)25)22-21(26)19-11-16-5-3-4-6-18(16)23-19/h3-9,11,17,23H,10,12H2,1-2H3,(H,22,26)(H,24,25). The fourth-order valence-corrected chi connectivity index (χ4v) is 3.18. The number of carbonyl (C=O) groups excluding carboxylic acids is 1. The lowest BCUT2D eigenvalue weighted by Crippen LogP contribution is -2.38. The molecule has 0 aliphatic heterocycles. The monoisotopic (exact) mass is 350 g/mol. The molecular formula is C21H22N2O3. The molecule has 3 aromatic rings. The molecule has 1 amide bonds. The number of hydrogen-bond donors (Lipinski definition) is 3. The summed E-state index contributed by atoms with van der Waals surface area (Å²) in [5.74, 6) is -1.23. The number of hydrogen-bond acceptors (Lipinski definition) is 2. The maximum Gasteiger partial charge on any atom is 0.305 e. The molecule has 0 aliphatic rings. The van der Waals surface area contributed by atoms with Gasteiger partial charge in [0, 0.05) is 16.9 Å². The molecule has 1 atom stereocenters. The van der Waals surface area contributed by atoms with E-state index in [2.05, 4.69) is 16.4 Å². The summed E-state index contributed by atoms with van der Waals surface area (Å²) >= 11 is 0. The highest BCUT2D eigenvalue weighted by atomic mass is 16.4. The van der Waals surface area contributed by atoms with Crippen molar-refractivity contribution in [1.29, 1.82) is 0 Å². The summed E-state index contributed by atoms with van der Waals surface area (Å²) in [6, 6.07) is 15.0. The third kappa shape index (κ3) is 4.11. The van der Waals surface area contributed by atoms with Crippen molar-refractivity contribution in [3.05, 3.63) is 70.9 Å². The van der Waals surface area contributed by atoms with Crippen LogP contribution in [0, 0.1) is 13.8 Å². The van der Waals surface area contributed by atoms with Crippen LogP contribution in [0.4, 0.5) is 0 Å². The van der Waals surface area contributed by atoms with Crippen LogP contribution < -0.4 is 5.32 Å². The summed E-state index contributed by atoms with van der Waals surface area (Å²) in [7, 11) is 0. The molecule has 5 heteroatoms. The number of amides is 1. The first-order chi connectivity index (χ1) is 12.4. The minimum Gasteiger partial charge on any atom is -0.481 e.